The minimum Gasteiger partial charge on any atom is -0.276 e. The molecule has 124 valence electrons. The van der Waals surface area contributed by atoms with E-state index in [1.165, 1.54) is 10.0 Å². The zero-order valence-electron chi connectivity index (χ0n) is 13.4. The lowest BCUT2D eigenvalue weighted by Gasteiger charge is -2.25. The predicted octanol–water partition coefficient (Wildman–Crippen LogP) is 2.73. The summed E-state index contributed by atoms with van der Waals surface area (Å²) >= 11 is 10.7. The fourth-order valence-corrected chi connectivity index (χ4v) is 2.34. The molecule has 2 amide bonds. The van der Waals surface area contributed by atoms with Gasteiger partial charge in [-0.25, -0.2) is 15.6 Å². The van der Waals surface area contributed by atoms with Gasteiger partial charge in [0, 0.05) is 25.2 Å². The maximum atomic E-state index is 12.1. The Bertz CT molecular complexity index is 660. The Morgan fingerprint density at radius 2 is 1.08 bits per heavy atom. The molecule has 2 aromatic carbocycles. The van der Waals surface area contributed by atoms with Crippen molar-refractivity contribution in [3.05, 3.63) is 71.8 Å². The molecule has 2 rings (SSSR count). The number of carbonyl (C=O) groups excluding carboxylic acids is 1. The third-order valence-corrected chi connectivity index (χ3v) is 4.21. The van der Waals surface area contributed by atoms with Crippen LogP contribution < -0.4 is 10.9 Å². The van der Waals surface area contributed by atoms with Crippen LogP contribution in [0.25, 0.3) is 0 Å². The molecule has 0 fully saturated rings. The van der Waals surface area contributed by atoms with Crippen LogP contribution in [0.3, 0.4) is 0 Å². The molecular formula is C17H18N4OS2. The van der Waals surface area contributed by atoms with Gasteiger partial charge in [-0.15, -0.1) is 0 Å². The fourth-order valence-electron chi connectivity index (χ4n) is 1.98. The van der Waals surface area contributed by atoms with Gasteiger partial charge in [0.1, 0.15) is 9.98 Å². The van der Waals surface area contributed by atoms with Crippen LogP contribution in [0.2, 0.25) is 0 Å². The van der Waals surface area contributed by atoms with Crippen LogP contribution in [0.4, 0.5) is 4.79 Å². The zero-order valence-corrected chi connectivity index (χ0v) is 15.0. The van der Waals surface area contributed by atoms with E-state index in [1.54, 1.807) is 14.1 Å². The highest BCUT2D eigenvalue weighted by molar-refractivity contribution is 7.80. The van der Waals surface area contributed by atoms with Gasteiger partial charge in [-0.05, 0) is 0 Å². The van der Waals surface area contributed by atoms with E-state index in [-0.39, 0.29) is 0 Å². The first-order valence-electron chi connectivity index (χ1n) is 7.22. The Morgan fingerprint density at radius 1 is 0.750 bits per heavy atom. The Morgan fingerprint density at radius 3 is 1.42 bits per heavy atom. The van der Waals surface area contributed by atoms with Gasteiger partial charge in [0.15, 0.2) is 0 Å². The molecule has 0 bridgehead atoms. The van der Waals surface area contributed by atoms with E-state index in [9.17, 15) is 4.79 Å². The molecule has 2 N–H and O–H groups in total. The minimum atomic E-state index is -0.434. The molecule has 0 atom stereocenters. The highest BCUT2D eigenvalue weighted by Gasteiger charge is 2.13. The molecule has 0 heterocycles. The van der Waals surface area contributed by atoms with Crippen LogP contribution in [0.1, 0.15) is 11.1 Å². The Hall–Kier alpha value is -2.51. The van der Waals surface area contributed by atoms with E-state index >= 15 is 0 Å². The number of urea groups is 1. The summed E-state index contributed by atoms with van der Waals surface area (Å²) in [7, 11) is 3.37. The van der Waals surface area contributed by atoms with Gasteiger partial charge in [-0.3, -0.25) is 10.0 Å². The molecule has 0 aliphatic rings. The lowest BCUT2D eigenvalue weighted by Crippen LogP contribution is -2.53. The maximum absolute atomic E-state index is 12.1. The highest BCUT2D eigenvalue weighted by atomic mass is 32.1. The van der Waals surface area contributed by atoms with Crippen molar-refractivity contribution in [3.63, 3.8) is 0 Å². The van der Waals surface area contributed by atoms with Crippen molar-refractivity contribution < 1.29 is 4.79 Å². The zero-order chi connectivity index (χ0) is 17.5. The van der Waals surface area contributed by atoms with Crippen molar-refractivity contribution in [2.24, 2.45) is 0 Å². The third kappa shape index (κ3) is 4.74. The topological polar surface area (TPSA) is 47.6 Å². The van der Waals surface area contributed by atoms with E-state index in [0.717, 1.165) is 11.1 Å². The standard InChI is InChI=1S/C17H18N4OS2/c1-20(15(23)13-9-5-3-6-10-13)18-17(22)19-21(2)16(24)14-11-7-4-8-12-14/h3-12H,1-2H3,(H2,18,19,22). The summed E-state index contributed by atoms with van der Waals surface area (Å²) < 4.78 is 0. The smallest absolute Gasteiger partial charge is 0.276 e. The summed E-state index contributed by atoms with van der Waals surface area (Å²) in [4.78, 5) is 13.1. The summed E-state index contributed by atoms with van der Waals surface area (Å²) in [6.45, 7) is 0. The summed E-state index contributed by atoms with van der Waals surface area (Å²) in [6, 6.07) is 18.5. The second kappa shape index (κ2) is 8.37. The van der Waals surface area contributed by atoms with Crippen LogP contribution in [0.15, 0.2) is 60.7 Å². The van der Waals surface area contributed by atoms with Gasteiger partial charge in [0.05, 0.1) is 0 Å². The molecule has 0 unspecified atom stereocenters. The number of hydrogen-bond donors (Lipinski definition) is 2. The van der Waals surface area contributed by atoms with E-state index in [0.29, 0.717) is 9.98 Å². The van der Waals surface area contributed by atoms with Gasteiger partial charge in [-0.1, -0.05) is 85.1 Å². The van der Waals surface area contributed by atoms with E-state index in [4.69, 9.17) is 24.4 Å². The third-order valence-electron chi connectivity index (χ3n) is 3.19. The molecular weight excluding hydrogens is 340 g/mol. The normalized spacial score (nSPS) is 9.75. The van der Waals surface area contributed by atoms with Crippen molar-refractivity contribution in [1.82, 2.24) is 20.9 Å². The van der Waals surface area contributed by atoms with Crippen molar-refractivity contribution >= 4 is 40.4 Å². The van der Waals surface area contributed by atoms with E-state index in [2.05, 4.69) is 10.9 Å². The number of hydrogen-bond acceptors (Lipinski definition) is 3. The highest BCUT2D eigenvalue weighted by Crippen LogP contribution is 2.04. The van der Waals surface area contributed by atoms with Gasteiger partial charge in [0.2, 0.25) is 0 Å². The van der Waals surface area contributed by atoms with Gasteiger partial charge < -0.3 is 0 Å². The van der Waals surface area contributed by atoms with Crippen molar-refractivity contribution in [3.8, 4) is 0 Å². The first kappa shape index (κ1) is 17.8. The van der Waals surface area contributed by atoms with E-state index in [1.807, 2.05) is 60.7 Å². The molecule has 0 aromatic heterocycles. The summed E-state index contributed by atoms with van der Waals surface area (Å²) in [5.74, 6) is 0. The Labute approximate surface area is 152 Å². The van der Waals surface area contributed by atoms with Crippen molar-refractivity contribution in [1.29, 1.82) is 0 Å². The van der Waals surface area contributed by atoms with Crippen molar-refractivity contribution in [2.75, 3.05) is 14.1 Å². The second-order valence-electron chi connectivity index (χ2n) is 5.01. The van der Waals surface area contributed by atoms with Crippen molar-refractivity contribution in [2.45, 2.75) is 0 Å². The minimum absolute atomic E-state index is 0.434. The average Bonchev–Trinajstić information content (AvgIpc) is 2.61. The second-order valence-corrected chi connectivity index (χ2v) is 5.79. The molecule has 0 saturated heterocycles. The molecule has 24 heavy (non-hydrogen) atoms. The number of nitrogens with zero attached hydrogens (tertiary/aromatic N) is 2. The lowest BCUT2D eigenvalue weighted by atomic mass is 10.2. The maximum Gasteiger partial charge on any atom is 0.352 e. The van der Waals surface area contributed by atoms with E-state index < -0.39 is 6.03 Å². The number of carbonyl (C=O) groups is 1. The average molecular weight is 358 g/mol. The molecule has 0 saturated carbocycles. The lowest BCUT2D eigenvalue weighted by molar-refractivity contribution is 0.208. The summed E-state index contributed by atoms with van der Waals surface area (Å²) in [5.41, 5.74) is 7.01. The number of nitrogens with one attached hydrogen (secondary N) is 2. The van der Waals surface area contributed by atoms with Gasteiger partial charge in [-0.2, -0.15) is 0 Å². The molecule has 0 radical (unpaired) electrons. The quantitative estimate of drug-likeness (QED) is 0.639. The number of hydrazine groups is 2. The molecule has 7 heteroatoms. The molecule has 0 aliphatic heterocycles. The number of amides is 2. The SMILES string of the molecule is CN(NC(=O)NN(C)C(=S)c1ccccc1)C(=S)c1ccccc1. The summed E-state index contributed by atoms with van der Waals surface area (Å²) in [5, 5.41) is 2.97. The summed E-state index contributed by atoms with van der Waals surface area (Å²) in [6.07, 6.45) is 0. The molecule has 0 aliphatic carbocycles. The van der Waals surface area contributed by atoms with Crippen LogP contribution >= 0.6 is 24.4 Å². The number of rotatable bonds is 2. The fraction of sp³-hybridized carbons (Fsp3) is 0.118. The predicted molar refractivity (Wildman–Crippen MR) is 103 cm³/mol. The largest absolute Gasteiger partial charge is 0.352 e. The number of benzene rings is 2. The first-order valence-corrected chi connectivity index (χ1v) is 8.04. The van der Waals surface area contributed by atoms with Crippen LogP contribution in [-0.2, 0) is 0 Å². The monoisotopic (exact) mass is 358 g/mol. The van der Waals surface area contributed by atoms with Crippen LogP contribution in [0.5, 0.6) is 0 Å². The number of thiocarbonyl (C=S) groups is 2. The molecule has 0 spiro atoms. The van der Waals surface area contributed by atoms with Gasteiger partial charge >= 0.3 is 6.03 Å². The molecule has 5 nitrogen and oxygen atoms in total. The van der Waals surface area contributed by atoms with Crippen LogP contribution in [-0.4, -0.2) is 40.1 Å². The first-order chi connectivity index (χ1) is 11.5. The van der Waals surface area contributed by atoms with Crippen LogP contribution in [0, 0.1) is 0 Å². The molecule has 2 aromatic rings. The Balaban J connectivity index is 1.90. The van der Waals surface area contributed by atoms with Gasteiger partial charge in [0.25, 0.3) is 0 Å². The Kier molecular flexibility index (Phi) is 6.22.